The van der Waals surface area contributed by atoms with Gasteiger partial charge in [0.05, 0.1) is 40.0 Å². The fourth-order valence-electron chi connectivity index (χ4n) is 21.3. The molecule has 4 aliphatic carbocycles. The summed E-state index contributed by atoms with van der Waals surface area (Å²) < 4.78 is 73.7. The molecule has 4 heterocycles. The summed E-state index contributed by atoms with van der Waals surface area (Å²) >= 11 is 0. The standard InChI is InChI=1S/C28H41N3O.C27H35F3N4O2.C27H36FN3O2.C27H39N3O.4H2/c1-23-8-10-24(11-9-23)16-17-29-22-28(25-12-14-27(32-2)15-13-25)31-20-18-30(19-21-31)26-6-4-3-5-7-26;1-36-24-13-11-22(12-14-24)32-26(35)31-19-25(20-7-9-21(10-8-20)27(28,29)30)34-17-15-33(16-18-34)23-5-3-2-4-6-23;1-33-25-14-12-24(13-15-25)29-27(32)30-26-7-3-2-6-22(26)19-31-16-4-5-21(18-31)17-20-8-10-23(28)11-9-20;1-31-26-14-12-24(13-15-26)27(22-28-17-16-23-8-4-2-5-9-23)30-20-18-29(19-21-30)25-10-6-3-7-11-25;;;;/h8-15,26,28-29H,3-7,16-22H2,1-2H3;7-14,23,25H,2-6,15-19H2,1H3,(H2,31,32,35);8-15,21-22,26H,2-7,16-19H2,1H3,(H2,29,30,32);2,4-5,8-9,12-15,25,27-28H,3,6-7,10-11,16-22H2,1H3;4*1H/t;;21-,22-,26+;;;;;/m..0...../s1. The molecule has 0 radical (unpaired) electrons. The number of aryl methyl sites for hydroxylation is 1. The van der Waals surface area contributed by atoms with E-state index in [2.05, 4.69) is 176 Å². The van der Waals surface area contributed by atoms with Crippen molar-refractivity contribution in [1.82, 2.24) is 55.6 Å². The number of alkyl halides is 3. The van der Waals surface area contributed by atoms with Crippen molar-refractivity contribution in [3.63, 3.8) is 0 Å². The third kappa shape index (κ3) is 32.0. The van der Waals surface area contributed by atoms with Gasteiger partial charge in [0, 0.05) is 165 Å². The number of nitrogens with one attached hydrogen (secondary N) is 6. The zero-order valence-electron chi connectivity index (χ0n) is 79.5. The Morgan fingerprint density at radius 1 is 0.402 bits per heavy atom. The SMILES string of the molecule is COc1ccc(C(CNCCc2ccc(C)cc2)N2CCN(C3CCCCC3)CC2)cc1.COc1ccc(C(CNCCc2ccccc2)N2CCN(C3CCCCC3)CC2)cc1.COc1ccc(NC(=O)NCC(c2ccc(C(F)(F)F)cc2)N2CCN(C3CCCCC3)CC2)cc1.COc1ccc(NC(=O)N[C@@H]2CCCC[C@H]2CN2CCC[C@@H](Cc3ccc(F)cc3)C2)cc1.[HH].[HH].[HH].[HH]. The minimum Gasteiger partial charge on any atom is -0.497 e. The van der Waals surface area contributed by atoms with Crippen LogP contribution in [0.2, 0.25) is 0 Å². The number of methoxy groups -OCH3 is 4. The van der Waals surface area contributed by atoms with E-state index in [-0.39, 0.29) is 42.2 Å². The van der Waals surface area contributed by atoms with Crippen LogP contribution in [0.25, 0.3) is 0 Å². The monoisotopic (exact) mass is 1820 g/mol. The molecule has 6 atom stereocenters. The van der Waals surface area contributed by atoms with Crippen molar-refractivity contribution in [3.8, 4) is 23.0 Å². The highest BCUT2D eigenvalue weighted by atomic mass is 19.4. The van der Waals surface area contributed by atoms with Gasteiger partial charge in [-0.2, -0.15) is 13.2 Å². The van der Waals surface area contributed by atoms with Crippen LogP contribution >= 0.6 is 0 Å². The topological polar surface area (TPSA) is 166 Å². The van der Waals surface area contributed by atoms with E-state index in [4.69, 9.17) is 18.9 Å². The second kappa shape index (κ2) is 53.2. The Kier molecular flexibility index (Phi) is 40.5. The van der Waals surface area contributed by atoms with Crippen LogP contribution in [-0.4, -0.2) is 230 Å². The summed E-state index contributed by atoms with van der Waals surface area (Å²) in [7, 11) is 6.68. The fraction of sp³-hybridized carbons (Fsp3) is 0.541. The summed E-state index contributed by atoms with van der Waals surface area (Å²) in [5.41, 5.74) is 9.61. The largest absolute Gasteiger partial charge is 0.497 e. The predicted molar refractivity (Wildman–Crippen MR) is 535 cm³/mol. The van der Waals surface area contributed by atoms with Gasteiger partial charge in [0.15, 0.2) is 0 Å². The molecule has 19 nitrogen and oxygen atoms in total. The fourth-order valence-corrected chi connectivity index (χ4v) is 21.3. The number of piperazine rings is 3. The Bertz CT molecular complexity index is 4590. The van der Waals surface area contributed by atoms with E-state index >= 15 is 0 Å². The quantitative estimate of drug-likeness (QED) is 0.0174. The van der Waals surface area contributed by atoms with Gasteiger partial charge >= 0.3 is 18.2 Å². The van der Waals surface area contributed by atoms with Gasteiger partial charge in [-0.1, -0.05) is 179 Å². The lowest BCUT2D eigenvalue weighted by Gasteiger charge is -2.43. The van der Waals surface area contributed by atoms with Gasteiger partial charge in [-0.25, -0.2) is 14.0 Å². The molecular formula is C109H159F4N13O6. The van der Waals surface area contributed by atoms with Crippen molar-refractivity contribution in [1.29, 1.82) is 0 Å². The van der Waals surface area contributed by atoms with E-state index in [9.17, 15) is 27.2 Å². The van der Waals surface area contributed by atoms with Crippen molar-refractivity contribution in [2.45, 2.75) is 209 Å². The summed E-state index contributed by atoms with van der Waals surface area (Å²) in [6.45, 7) is 22.6. The van der Waals surface area contributed by atoms with E-state index in [1.165, 1.54) is 187 Å². The first-order chi connectivity index (χ1) is 64.5. The highest BCUT2D eigenvalue weighted by Gasteiger charge is 2.36. The van der Waals surface area contributed by atoms with Crippen LogP contribution in [0.5, 0.6) is 23.0 Å². The summed E-state index contributed by atoms with van der Waals surface area (Å²) in [5.74, 6) is 4.24. The first-order valence-electron chi connectivity index (χ1n) is 49.8. The molecule has 8 aromatic carbocycles. The summed E-state index contributed by atoms with van der Waals surface area (Å²) in [5, 5.41) is 19.4. The molecular weight excluding hydrogens is 1660 g/mol. The van der Waals surface area contributed by atoms with Gasteiger partial charge in [0.1, 0.15) is 28.8 Å². The van der Waals surface area contributed by atoms with Gasteiger partial charge in [0.25, 0.3) is 0 Å². The van der Waals surface area contributed by atoms with Crippen LogP contribution in [0.15, 0.2) is 200 Å². The molecule has 6 N–H and O–H groups in total. The lowest BCUT2D eigenvalue weighted by atomic mass is 9.83. The lowest BCUT2D eigenvalue weighted by Crippen LogP contribution is -2.53. The Balaban J connectivity index is 0.000000202. The third-order valence-corrected chi connectivity index (χ3v) is 29.0. The van der Waals surface area contributed by atoms with Crippen molar-refractivity contribution in [2.24, 2.45) is 11.8 Å². The van der Waals surface area contributed by atoms with Crippen LogP contribution in [0, 0.1) is 24.6 Å². The van der Waals surface area contributed by atoms with Crippen molar-refractivity contribution in [2.75, 3.05) is 170 Å². The van der Waals surface area contributed by atoms with Crippen LogP contribution < -0.4 is 50.8 Å². The maximum Gasteiger partial charge on any atom is 0.416 e. The number of nitrogens with zero attached hydrogens (tertiary/aromatic N) is 7. The van der Waals surface area contributed by atoms with Gasteiger partial charge in [-0.3, -0.25) is 29.4 Å². The van der Waals surface area contributed by atoms with E-state index in [0.29, 0.717) is 41.4 Å². The number of ether oxygens (including phenoxy) is 4. The van der Waals surface area contributed by atoms with Crippen LogP contribution in [0.1, 0.15) is 203 Å². The average molecular weight is 1820 g/mol. The maximum atomic E-state index is 13.2. The summed E-state index contributed by atoms with van der Waals surface area (Å²) in [4.78, 5) is 43.6. The number of benzene rings is 8. The number of amides is 4. The van der Waals surface area contributed by atoms with Gasteiger partial charge in [-0.15, -0.1) is 0 Å². The second-order valence-electron chi connectivity index (χ2n) is 37.8. The molecule has 4 amide bonds. The molecule has 4 saturated carbocycles. The zero-order valence-corrected chi connectivity index (χ0v) is 79.5. The third-order valence-electron chi connectivity index (χ3n) is 29.0. The number of hydrogen-bond acceptors (Lipinski definition) is 15. The van der Waals surface area contributed by atoms with E-state index in [1.54, 1.807) is 64.8 Å². The molecule has 8 aliphatic rings. The molecule has 4 saturated heterocycles. The normalized spacial score (nSPS) is 20.5. The molecule has 4 aliphatic heterocycles. The minimum absolute atomic E-state index is 0. The molecule has 132 heavy (non-hydrogen) atoms. The van der Waals surface area contributed by atoms with Crippen molar-refractivity contribution < 1.29 is 51.8 Å². The number of urea groups is 2. The van der Waals surface area contributed by atoms with E-state index in [1.807, 2.05) is 36.4 Å². The summed E-state index contributed by atoms with van der Waals surface area (Å²) in [6.07, 6.45) is 26.3. The Morgan fingerprint density at radius 2 is 0.788 bits per heavy atom. The number of rotatable bonds is 32. The summed E-state index contributed by atoms with van der Waals surface area (Å²) in [6, 6.07) is 66.4. The molecule has 23 heteroatoms. The van der Waals surface area contributed by atoms with Gasteiger partial charge in [-0.05, 0) is 252 Å². The van der Waals surface area contributed by atoms with Gasteiger partial charge < -0.3 is 55.7 Å². The number of likely N-dealkylation sites (tertiary alicyclic amines) is 1. The molecule has 8 fully saturated rings. The molecule has 8 aromatic rings. The number of piperidine rings is 1. The van der Waals surface area contributed by atoms with Crippen molar-refractivity contribution >= 4 is 23.4 Å². The predicted octanol–water partition coefficient (Wildman–Crippen LogP) is 21.3. The average Bonchev–Trinajstić information content (AvgIpc) is 0.808. The molecule has 0 aromatic heterocycles. The molecule has 16 rings (SSSR count). The Hall–Kier alpha value is -9.14. The van der Waals surface area contributed by atoms with Crippen molar-refractivity contribution in [3.05, 3.63) is 251 Å². The van der Waals surface area contributed by atoms with E-state index < -0.39 is 11.7 Å². The first-order valence-corrected chi connectivity index (χ1v) is 49.8. The van der Waals surface area contributed by atoms with E-state index in [0.717, 1.165) is 189 Å². The van der Waals surface area contributed by atoms with Crippen LogP contribution in [-0.2, 0) is 25.4 Å². The minimum atomic E-state index is -4.38. The number of anilines is 2. The lowest BCUT2D eigenvalue weighted by molar-refractivity contribution is -0.137. The smallest absolute Gasteiger partial charge is 0.416 e. The number of carbonyl (C=O) groups is 2. The second-order valence-corrected chi connectivity index (χ2v) is 37.8. The molecule has 0 spiro atoms. The van der Waals surface area contributed by atoms with Crippen LogP contribution in [0.3, 0.4) is 0 Å². The maximum absolute atomic E-state index is 13.2. The Labute approximate surface area is 791 Å². The Morgan fingerprint density at radius 3 is 1.22 bits per heavy atom. The number of carbonyl (C=O) groups excluding carboxylic acids is 2. The highest BCUT2D eigenvalue weighted by Crippen LogP contribution is 2.36. The zero-order chi connectivity index (χ0) is 92.1. The highest BCUT2D eigenvalue weighted by molar-refractivity contribution is 5.90. The first kappa shape index (κ1) is 100. The number of hydrogen-bond donors (Lipinski definition) is 6. The number of halogens is 4. The van der Waals surface area contributed by atoms with Crippen LogP contribution in [0.4, 0.5) is 38.5 Å². The molecule has 3 unspecified atom stereocenters. The molecule has 724 valence electrons. The van der Waals surface area contributed by atoms with Gasteiger partial charge in [0.2, 0.25) is 0 Å². The molecule has 0 bridgehead atoms.